The predicted molar refractivity (Wildman–Crippen MR) is 121 cm³/mol. The summed E-state index contributed by atoms with van der Waals surface area (Å²) < 4.78 is 12.4. The maximum Gasteiger partial charge on any atom is 0.259 e. The Hall–Kier alpha value is -3.91. The molecule has 0 aliphatic carbocycles. The average molecular weight is 450 g/mol. The lowest BCUT2D eigenvalue weighted by atomic mass is 10.2. The zero-order chi connectivity index (χ0) is 22.5. The molecule has 0 aliphatic heterocycles. The van der Waals surface area contributed by atoms with Crippen LogP contribution in [0.25, 0.3) is 5.82 Å². The highest BCUT2D eigenvalue weighted by molar-refractivity contribution is 6.32. The molecule has 0 fully saturated rings. The molecule has 32 heavy (non-hydrogen) atoms. The van der Waals surface area contributed by atoms with Crippen LogP contribution in [-0.2, 0) is 6.42 Å². The lowest BCUT2D eigenvalue weighted by molar-refractivity contribution is 0.102. The Morgan fingerprint density at radius 1 is 1.06 bits per heavy atom. The van der Waals surface area contributed by atoms with Crippen LogP contribution in [0.4, 0.5) is 5.69 Å². The van der Waals surface area contributed by atoms with Crippen molar-refractivity contribution in [1.29, 1.82) is 0 Å². The van der Waals surface area contributed by atoms with E-state index in [1.165, 1.54) is 13.3 Å². The van der Waals surface area contributed by atoms with E-state index in [9.17, 15) is 4.79 Å². The van der Waals surface area contributed by atoms with E-state index in [4.69, 9.17) is 21.1 Å². The zero-order valence-corrected chi connectivity index (χ0v) is 18.2. The summed E-state index contributed by atoms with van der Waals surface area (Å²) >= 11 is 6.13. The van der Waals surface area contributed by atoms with Gasteiger partial charge in [-0.25, -0.2) is 4.68 Å². The van der Waals surface area contributed by atoms with E-state index in [1.807, 2.05) is 19.1 Å². The van der Waals surface area contributed by atoms with Gasteiger partial charge in [-0.05, 0) is 48.9 Å². The zero-order valence-electron chi connectivity index (χ0n) is 17.4. The number of carbonyl (C=O) groups is 1. The van der Waals surface area contributed by atoms with Gasteiger partial charge in [-0.1, -0.05) is 30.7 Å². The van der Waals surface area contributed by atoms with Crippen molar-refractivity contribution in [3.63, 3.8) is 0 Å². The minimum absolute atomic E-state index is 0.269. The minimum Gasteiger partial charge on any atom is -0.480 e. The molecule has 1 N–H and O–H groups in total. The van der Waals surface area contributed by atoms with Gasteiger partial charge in [0.15, 0.2) is 5.82 Å². The Balaban J connectivity index is 1.49. The molecule has 2 heterocycles. The molecule has 0 unspecified atom stereocenters. The molecule has 4 aromatic rings. The van der Waals surface area contributed by atoms with E-state index in [1.54, 1.807) is 53.2 Å². The maximum atomic E-state index is 12.9. The van der Waals surface area contributed by atoms with Crippen LogP contribution in [0.5, 0.6) is 17.4 Å². The molecule has 162 valence electrons. The number of anilines is 1. The van der Waals surface area contributed by atoms with Gasteiger partial charge in [-0.2, -0.15) is 5.10 Å². The smallest absolute Gasteiger partial charge is 0.259 e. The Labute approximate surface area is 189 Å². The van der Waals surface area contributed by atoms with Crippen LogP contribution in [0.2, 0.25) is 5.02 Å². The van der Waals surface area contributed by atoms with Crippen molar-refractivity contribution in [2.45, 2.75) is 13.3 Å². The summed E-state index contributed by atoms with van der Waals surface area (Å²) in [5, 5.41) is 15.8. The molecule has 2 aromatic heterocycles. The van der Waals surface area contributed by atoms with Crippen LogP contribution in [0, 0.1) is 0 Å². The van der Waals surface area contributed by atoms with Crippen molar-refractivity contribution in [3.05, 3.63) is 83.1 Å². The number of rotatable bonds is 7. The molecule has 4 rings (SSSR count). The number of hydrogen-bond donors (Lipinski definition) is 1. The van der Waals surface area contributed by atoms with Gasteiger partial charge < -0.3 is 14.8 Å². The third-order valence-electron chi connectivity index (χ3n) is 4.68. The molecule has 0 saturated heterocycles. The standard InChI is InChI=1S/C23H20ClN5O3/c1-3-19-17(14-25-29(19)21-12-13-22(31-2)28-27-21)23(30)26-15-8-10-16(11-9-15)32-20-7-5-4-6-18(20)24/h4-14H,3H2,1-2H3,(H,26,30). The van der Waals surface area contributed by atoms with Crippen LogP contribution < -0.4 is 14.8 Å². The second-order valence-corrected chi connectivity index (χ2v) is 7.12. The Morgan fingerprint density at radius 2 is 1.84 bits per heavy atom. The van der Waals surface area contributed by atoms with Gasteiger partial charge in [0.2, 0.25) is 5.88 Å². The largest absolute Gasteiger partial charge is 0.480 e. The number of methoxy groups -OCH3 is 1. The topological polar surface area (TPSA) is 91.2 Å². The van der Waals surface area contributed by atoms with Gasteiger partial charge in [0.05, 0.1) is 29.6 Å². The van der Waals surface area contributed by atoms with E-state index in [2.05, 4.69) is 20.6 Å². The van der Waals surface area contributed by atoms with Gasteiger partial charge in [-0.15, -0.1) is 10.2 Å². The van der Waals surface area contributed by atoms with Crippen molar-refractivity contribution >= 4 is 23.2 Å². The highest BCUT2D eigenvalue weighted by atomic mass is 35.5. The van der Waals surface area contributed by atoms with Crippen molar-refractivity contribution in [1.82, 2.24) is 20.0 Å². The van der Waals surface area contributed by atoms with E-state index < -0.39 is 0 Å². The first-order valence-corrected chi connectivity index (χ1v) is 10.3. The number of benzene rings is 2. The molecule has 0 aliphatic rings. The van der Waals surface area contributed by atoms with Gasteiger partial charge in [-0.3, -0.25) is 4.79 Å². The first-order valence-electron chi connectivity index (χ1n) is 9.88. The summed E-state index contributed by atoms with van der Waals surface area (Å²) in [7, 11) is 1.52. The first kappa shape index (κ1) is 21.3. The van der Waals surface area contributed by atoms with Gasteiger partial charge in [0.1, 0.15) is 11.5 Å². The van der Waals surface area contributed by atoms with Crippen molar-refractivity contribution in [2.24, 2.45) is 0 Å². The first-order chi connectivity index (χ1) is 15.6. The third-order valence-corrected chi connectivity index (χ3v) is 4.99. The SMILES string of the molecule is CCc1c(C(=O)Nc2ccc(Oc3ccccc3Cl)cc2)cnn1-c1ccc(OC)nn1. The lowest BCUT2D eigenvalue weighted by Gasteiger charge is -2.10. The summed E-state index contributed by atoms with van der Waals surface area (Å²) in [6.07, 6.45) is 2.11. The Morgan fingerprint density at radius 3 is 2.50 bits per heavy atom. The molecule has 1 amide bonds. The van der Waals surface area contributed by atoms with Gasteiger partial charge in [0.25, 0.3) is 5.91 Å². The van der Waals surface area contributed by atoms with Crippen LogP contribution in [-0.4, -0.2) is 33.0 Å². The number of halogens is 1. The number of ether oxygens (including phenoxy) is 2. The number of hydrogen-bond acceptors (Lipinski definition) is 6. The second kappa shape index (κ2) is 9.49. The summed E-state index contributed by atoms with van der Waals surface area (Å²) in [4.78, 5) is 12.9. The van der Waals surface area contributed by atoms with E-state index >= 15 is 0 Å². The second-order valence-electron chi connectivity index (χ2n) is 6.72. The molecule has 2 aromatic carbocycles. The Bertz CT molecular complexity index is 1220. The molecule has 8 nitrogen and oxygen atoms in total. The fourth-order valence-electron chi connectivity index (χ4n) is 3.10. The fourth-order valence-corrected chi connectivity index (χ4v) is 3.27. The summed E-state index contributed by atoms with van der Waals surface area (Å²) in [6.45, 7) is 1.95. The number of aromatic nitrogens is 4. The quantitative estimate of drug-likeness (QED) is 0.430. The molecule has 0 radical (unpaired) electrons. The molecule has 0 atom stereocenters. The lowest BCUT2D eigenvalue weighted by Crippen LogP contribution is -2.14. The maximum absolute atomic E-state index is 12.9. The van der Waals surface area contributed by atoms with Crippen LogP contribution >= 0.6 is 11.6 Å². The van der Waals surface area contributed by atoms with Gasteiger partial charge in [0, 0.05) is 11.8 Å². The van der Waals surface area contributed by atoms with Crippen LogP contribution in [0.3, 0.4) is 0 Å². The fraction of sp³-hybridized carbons (Fsp3) is 0.130. The molecule has 9 heteroatoms. The molecule has 0 bridgehead atoms. The third kappa shape index (κ3) is 4.55. The summed E-state index contributed by atoms with van der Waals surface area (Å²) in [6, 6.07) is 17.7. The average Bonchev–Trinajstić information content (AvgIpc) is 3.26. The molecular weight excluding hydrogens is 430 g/mol. The van der Waals surface area contributed by atoms with Crippen LogP contribution in [0.15, 0.2) is 66.9 Å². The Kier molecular flexibility index (Phi) is 6.32. The minimum atomic E-state index is -0.269. The van der Waals surface area contributed by atoms with E-state index in [0.29, 0.717) is 45.9 Å². The van der Waals surface area contributed by atoms with E-state index in [0.717, 1.165) is 5.69 Å². The summed E-state index contributed by atoms with van der Waals surface area (Å²) in [5.41, 5.74) is 1.81. The highest BCUT2D eigenvalue weighted by Crippen LogP contribution is 2.29. The number of nitrogens with zero attached hydrogens (tertiary/aromatic N) is 4. The van der Waals surface area contributed by atoms with Crippen molar-refractivity contribution in [3.8, 4) is 23.2 Å². The van der Waals surface area contributed by atoms with Crippen molar-refractivity contribution in [2.75, 3.05) is 12.4 Å². The van der Waals surface area contributed by atoms with Crippen molar-refractivity contribution < 1.29 is 14.3 Å². The van der Waals surface area contributed by atoms with Crippen LogP contribution in [0.1, 0.15) is 23.0 Å². The summed E-state index contributed by atoms with van der Waals surface area (Å²) in [5.74, 6) is 1.81. The molecular formula is C23H20ClN5O3. The highest BCUT2D eigenvalue weighted by Gasteiger charge is 2.18. The monoisotopic (exact) mass is 449 g/mol. The molecule has 0 saturated carbocycles. The number of nitrogens with one attached hydrogen (secondary N) is 1. The number of para-hydroxylation sites is 1. The molecule has 0 spiro atoms. The number of amides is 1. The number of carbonyl (C=O) groups excluding carboxylic acids is 1. The normalized spacial score (nSPS) is 10.6. The van der Waals surface area contributed by atoms with Gasteiger partial charge >= 0.3 is 0 Å². The van der Waals surface area contributed by atoms with E-state index in [-0.39, 0.29) is 5.91 Å². The predicted octanol–water partition coefficient (Wildman–Crippen LogP) is 4.93.